The summed E-state index contributed by atoms with van der Waals surface area (Å²) in [5, 5.41) is 3.13. The first-order valence-electron chi connectivity index (χ1n) is 10.7. The van der Waals surface area contributed by atoms with Crippen molar-refractivity contribution in [2.75, 3.05) is 25.5 Å². The van der Waals surface area contributed by atoms with Crippen LogP contribution in [0.5, 0.6) is 5.75 Å². The maximum absolute atomic E-state index is 13.3. The number of fused-ring (bicyclic) bond motifs is 1. The number of pyridine rings is 1. The number of aromatic nitrogens is 2. The Morgan fingerprint density at radius 3 is 2.71 bits per heavy atom. The summed E-state index contributed by atoms with van der Waals surface area (Å²) in [6, 6.07) is 11.4. The van der Waals surface area contributed by atoms with Crippen molar-refractivity contribution >= 4 is 51.7 Å². The van der Waals surface area contributed by atoms with E-state index in [0.717, 1.165) is 16.9 Å². The number of anilines is 1. The highest BCUT2D eigenvalue weighted by Crippen LogP contribution is 2.33. The number of methoxy groups -OCH3 is 1. The van der Waals surface area contributed by atoms with E-state index in [1.807, 2.05) is 37.3 Å². The van der Waals surface area contributed by atoms with Crippen LogP contribution in [0.15, 0.2) is 64.9 Å². The largest absolute Gasteiger partial charge is 0.497 e. The topological polar surface area (TPSA) is 75.9 Å². The zero-order valence-electron chi connectivity index (χ0n) is 18.9. The lowest BCUT2D eigenvalue weighted by Gasteiger charge is -2.14. The highest BCUT2D eigenvalue weighted by Gasteiger charge is 2.32. The Morgan fingerprint density at radius 2 is 2.00 bits per heavy atom. The highest BCUT2D eigenvalue weighted by atomic mass is 32.2. The summed E-state index contributed by atoms with van der Waals surface area (Å²) in [6.45, 7) is 6.49. The molecule has 4 rings (SSSR count). The fraction of sp³-hybridized carbons (Fsp3) is 0.200. The van der Waals surface area contributed by atoms with Gasteiger partial charge in [0.1, 0.15) is 21.5 Å². The predicted octanol–water partition coefficient (Wildman–Crippen LogP) is 4.05. The van der Waals surface area contributed by atoms with Crippen LogP contribution in [-0.4, -0.2) is 44.7 Å². The number of thiocarbonyl (C=S) groups is 1. The van der Waals surface area contributed by atoms with E-state index in [0.29, 0.717) is 45.8 Å². The molecule has 1 amide bonds. The van der Waals surface area contributed by atoms with E-state index in [2.05, 4.69) is 16.9 Å². The van der Waals surface area contributed by atoms with Crippen LogP contribution < -0.4 is 15.6 Å². The van der Waals surface area contributed by atoms with Crippen molar-refractivity contribution in [3.8, 4) is 5.75 Å². The van der Waals surface area contributed by atoms with Crippen molar-refractivity contribution < 1.29 is 9.53 Å². The third kappa shape index (κ3) is 4.76. The maximum Gasteiger partial charge on any atom is 0.267 e. The first kappa shape index (κ1) is 23.7. The minimum Gasteiger partial charge on any atom is -0.497 e. The van der Waals surface area contributed by atoms with Gasteiger partial charge in [0.2, 0.25) is 0 Å². The van der Waals surface area contributed by atoms with Crippen molar-refractivity contribution in [1.29, 1.82) is 0 Å². The molecular formula is C25H24N4O3S2. The number of ether oxygens (including phenoxy) is 1. The Morgan fingerprint density at radius 1 is 1.24 bits per heavy atom. The number of nitrogens with zero attached hydrogens (tertiary/aromatic N) is 3. The molecule has 0 bridgehead atoms. The van der Waals surface area contributed by atoms with Crippen LogP contribution in [0.3, 0.4) is 0 Å². The van der Waals surface area contributed by atoms with E-state index in [1.54, 1.807) is 36.4 Å². The monoisotopic (exact) mass is 492 g/mol. The molecule has 174 valence electrons. The summed E-state index contributed by atoms with van der Waals surface area (Å²) in [7, 11) is 1.62. The molecule has 3 aromatic rings. The van der Waals surface area contributed by atoms with Crippen LogP contribution in [-0.2, 0) is 11.2 Å². The molecule has 9 heteroatoms. The number of aryl methyl sites for hydroxylation is 1. The minimum atomic E-state index is -0.260. The SMILES string of the molecule is C=CCNc1nc2c(C)cccn2c(=O)c1C=C1SC(=S)N(CCc2ccc(OC)cc2)C1=O. The molecule has 1 aliphatic rings. The lowest BCUT2D eigenvalue weighted by atomic mass is 10.1. The summed E-state index contributed by atoms with van der Waals surface area (Å²) >= 11 is 6.67. The second-order valence-electron chi connectivity index (χ2n) is 7.67. The fourth-order valence-corrected chi connectivity index (χ4v) is 4.89. The standard InChI is InChI=1S/C25H24N4O3S2/c1-4-12-26-21-19(23(30)28-13-5-6-16(2)22(28)27-21)15-20-24(31)29(25(33)34-20)14-11-17-7-9-18(32-3)10-8-17/h4-10,13,15,26H,1,11-12,14H2,2-3H3. The molecule has 34 heavy (non-hydrogen) atoms. The number of rotatable bonds is 8. The van der Waals surface area contributed by atoms with Crippen LogP contribution in [0, 0.1) is 6.92 Å². The maximum atomic E-state index is 13.3. The number of benzene rings is 1. The number of hydrogen-bond donors (Lipinski definition) is 1. The number of carbonyl (C=O) groups excluding carboxylic acids is 1. The molecule has 0 radical (unpaired) electrons. The van der Waals surface area contributed by atoms with Gasteiger partial charge in [0.15, 0.2) is 0 Å². The normalized spacial score (nSPS) is 14.8. The number of carbonyl (C=O) groups is 1. The van der Waals surface area contributed by atoms with E-state index in [4.69, 9.17) is 17.0 Å². The van der Waals surface area contributed by atoms with E-state index >= 15 is 0 Å². The van der Waals surface area contributed by atoms with Crippen LogP contribution in [0.2, 0.25) is 0 Å². The van der Waals surface area contributed by atoms with Crippen LogP contribution in [0.4, 0.5) is 5.82 Å². The molecule has 1 saturated heterocycles. The van der Waals surface area contributed by atoms with Gasteiger partial charge in [0.25, 0.3) is 11.5 Å². The minimum absolute atomic E-state index is 0.216. The lowest BCUT2D eigenvalue weighted by Crippen LogP contribution is -2.30. The summed E-state index contributed by atoms with van der Waals surface area (Å²) in [6.07, 6.45) is 5.59. The summed E-state index contributed by atoms with van der Waals surface area (Å²) in [4.78, 5) is 33.1. The second kappa shape index (κ2) is 10.2. The van der Waals surface area contributed by atoms with Gasteiger partial charge in [-0.25, -0.2) is 4.98 Å². The highest BCUT2D eigenvalue weighted by molar-refractivity contribution is 8.26. The average Bonchev–Trinajstić information content (AvgIpc) is 3.11. The molecule has 0 spiro atoms. The lowest BCUT2D eigenvalue weighted by molar-refractivity contribution is -0.122. The van der Waals surface area contributed by atoms with Crippen LogP contribution >= 0.6 is 24.0 Å². The Labute approximate surface area is 207 Å². The molecule has 1 N–H and O–H groups in total. The number of nitrogens with one attached hydrogen (secondary N) is 1. The van der Waals surface area contributed by atoms with Crippen molar-refractivity contribution in [2.24, 2.45) is 0 Å². The average molecular weight is 493 g/mol. The Kier molecular flexibility index (Phi) is 7.14. The van der Waals surface area contributed by atoms with Crippen LogP contribution in [0.25, 0.3) is 11.7 Å². The second-order valence-corrected chi connectivity index (χ2v) is 9.34. The van der Waals surface area contributed by atoms with Gasteiger partial charge in [-0.3, -0.25) is 18.9 Å². The van der Waals surface area contributed by atoms with Crippen molar-refractivity contribution in [2.45, 2.75) is 13.3 Å². The molecule has 0 unspecified atom stereocenters. The van der Waals surface area contributed by atoms with Gasteiger partial charge < -0.3 is 10.1 Å². The van der Waals surface area contributed by atoms with E-state index in [9.17, 15) is 9.59 Å². The first-order chi connectivity index (χ1) is 16.4. The Hall–Kier alpha value is -3.43. The van der Waals surface area contributed by atoms with Gasteiger partial charge in [-0.2, -0.15) is 0 Å². The molecule has 1 aliphatic heterocycles. The zero-order valence-corrected chi connectivity index (χ0v) is 20.5. The van der Waals surface area contributed by atoms with E-state index in [-0.39, 0.29) is 11.5 Å². The molecule has 0 aliphatic carbocycles. The van der Waals surface area contributed by atoms with Gasteiger partial charge in [-0.15, -0.1) is 6.58 Å². The van der Waals surface area contributed by atoms with E-state index < -0.39 is 0 Å². The molecule has 0 saturated carbocycles. The summed E-state index contributed by atoms with van der Waals surface area (Å²) in [5.74, 6) is 0.971. The third-order valence-electron chi connectivity index (χ3n) is 5.43. The van der Waals surface area contributed by atoms with Crippen molar-refractivity contribution in [1.82, 2.24) is 14.3 Å². The van der Waals surface area contributed by atoms with Gasteiger partial charge in [0, 0.05) is 19.3 Å². The number of amides is 1. The quantitative estimate of drug-likeness (QED) is 0.289. The molecule has 7 nitrogen and oxygen atoms in total. The molecule has 2 aromatic heterocycles. The number of hydrogen-bond acceptors (Lipinski definition) is 7. The van der Waals surface area contributed by atoms with Crippen LogP contribution in [0.1, 0.15) is 16.7 Å². The Bertz CT molecular complexity index is 1360. The van der Waals surface area contributed by atoms with Gasteiger partial charge in [0.05, 0.1) is 17.6 Å². The van der Waals surface area contributed by atoms with Gasteiger partial charge >= 0.3 is 0 Å². The molecule has 1 fully saturated rings. The molecule has 0 atom stereocenters. The smallest absolute Gasteiger partial charge is 0.267 e. The number of thioether (sulfide) groups is 1. The van der Waals surface area contributed by atoms with Crippen molar-refractivity contribution in [3.63, 3.8) is 0 Å². The summed E-state index contributed by atoms with van der Waals surface area (Å²) < 4.78 is 7.15. The third-order valence-corrected chi connectivity index (χ3v) is 6.81. The van der Waals surface area contributed by atoms with E-state index in [1.165, 1.54) is 16.2 Å². The Balaban J connectivity index is 1.64. The first-order valence-corrected chi connectivity index (χ1v) is 11.9. The van der Waals surface area contributed by atoms with Gasteiger partial charge in [-0.1, -0.05) is 48.3 Å². The molecule has 3 heterocycles. The summed E-state index contributed by atoms with van der Waals surface area (Å²) in [5.41, 5.74) is 2.55. The fourth-order valence-electron chi connectivity index (χ4n) is 3.60. The molecule has 1 aromatic carbocycles. The zero-order chi connectivity index (χ0) is 24.2. The van der Waals surface area contributed by atoms with Gasteiger partial charge in [-0.05, 0) is 48.7 Å². The predicted molar refractivity (Wildman–Crippen MR) is 141 cm³/mol. The molecular weight excluding hydrogens is 468 g/mol. The van der Waals surface area contributed by atoms with Crippen molar-refractivity contribution in [3.05, 3.63) is 87.2 Å².